The number of sulfonamides is 1. The molecule has 0 aliphatic carbocycles. The Morgan fingerprint density at radius 3 is 2.29 bits per heavy atom. The van der Waals surface area contributed by atoms with Gasteiger partial charge in [-0.05, 0) is 42.5 Å². The highest BCUT2D eigenvalue weighted by molar-refractivity contribution is 7.92. The van der Waals surface area contributed by atoms with E-state index >= 15 is 0 Å². The predicted molar refractivity (Wildman–Crippen MR) is 129 cm³/mol. The first-order chi connectivity index (χ1) is 16.3. The second-order valence-corrected chi connectivity index (χ2v) is 8.89. The maximum absolute atomic E-state index is 13.0. The predicted octanol–water partition coefficient (Wildman–Crippen LogP) is 4.86. The van der Waals surface area contributed by atoms with E-state index in [2.05, 4.69) is 15.0 Å². The minimum atomic E-state index is -3.98. The smallest absolute Gasteiger partial charge is 0.297 e. The van der Waals surface area contributed by atoms with Crippen LogP contribution in [0.25, 0.3) is 10.8 Å². The topological polar surface area (TPSA) is 143 Å². The quantitative estimate of drug-likeness (QED) is 0.206. The minimum Gasteiger partial charge on any atom is -0.505 e. The lowest BCUT2D eigenvalue weighted by Crippen LogP contribution is -2.13. The minimum absolute atomic E-state index is 0.0170. The number of phenols is 1. The first-order valence-corrected chi connectivity index (χ1v) is 11.5. The number of carbonyl (C=O) groups is 1. The molecule has 4 aromatic rings. The summed E-state index contributed by atoms with van der Waals surface area (Å²) in [5.74, 6) is -0.438. The van der Waals surface area contributed by atoms with E-state index in [-0.39, 0.29) is 33.3 Å². The monoisotopic (exact) mass is 476 g/mol. The molecule has 1 amide bonds. The van der Waals surface area contributed by atoms with Crippen LogP contribution in [-0.4, -0.2) is 26.5 Å². The molecule has 0 heterocycles. The molecular formula is C24H20N4O5S. The third-order valence-corrected chi connectivity index (χ3v) is 6.43. The first kappa shape index (κ1) is 22.7. The van der Waals surface area contributed by atoms with Crippen LogP contribution in [0.5, 0.6) is 11.5 Å². The van der Waals surface area contributed by atoms with Gasteiger partial charge in [0.1, 0.15) is 11.4 Å². The Hall–Kier alpha value is -4.44. The van der Waals surface area contributed by atoms with E-state index < -0.39 is 15.9 Å². The van der Waals surface area contributed by atoms with E-state index in [9.17, 15) is 18.3 Å². The number of rotatable bonds is 6. The van der Waals surface area contributed by atoms with Crippen molar-refractivity contribution in [3.05, 3.63) is 84.4 Å². The fourth-order valence-corrected chi connectivity index (χ4v) is 4.38. The van der Waals surface area contributed by atoms with Gasteiger partial charge in [-0.25, -0.2) is 8.42 Å². The number of phenolic OH excluding ortho intramolecular Hbond substituents is 1. The van der Waals surface area contributed by atoms with Gasteiger partial charge in [0.25, 0.3) is 15.9 Å². The Labute approximate surface area is 195 Å². The maximum atomic E-state index is 13.0. The van der Waals surface area contributed by atoms with Gasteiger partial charge in [-0.1, -0.05) is 36.4 Å². The third-order valence-electron chi connectivity index (χ3n) is 5.05. The van der Waals surface area contributed by atoms with Gasteiger partial charge in [0, 0.05) is 16.5 Å². The number of benzene rings is 4. The number of carbonyl (C=O) groups excluding carboxylic acids is 1. The summed E-state index contributed by atoms with van der Waals surface area (Å²) in [4.78, 5) is 12.4. The molecule has 0 saturated carbocycles. The van der Waals surface area contributed by atoms with Crippen molar-refractivity contribution >= 4 is 43.8 Å². The molecule has 0 aliphatic rings. The van der Waals surface area contributed by atoms with Crippen LogP contribution in [0.1, 0.15) is 10.4 Å². The van der Waals surface area contributed by atoms with E-state index in [1.807, 2.05) is 0 Å². The molecule has 0 bridgehead atoms. The van der Waals surface area contributed by atoms with Crippen LogP contribution < -0.4 is 15.2 Å². The molecule has 4 N–H and O–H groups in total. The fraction of sp³-hybridized carbons (Fsp3) is 0.0417. The first-order valence-electron chi connectivity index (χ1n) is 10.0. The van der Waals surface area contributed by atoms with Crippen molar-refractivity contribution in [1.29, 1.82) is 0 Å². The largest absolute Gasteiger partial charge is 0.505 e. The van der Waals surface area contributed by atoms with E-state index in [1.54, 1.807) is 42.5 Å². The van der Waals surface area contributed by atoms with Gasteiger partial charge < -0.3 is 15.6 Å². The van der Waals surface area contributed by atoms with Crippen LogP contribution in [0, 0.1) is 0 Å². The molecule has 9 nitrogen and oxygen atoms in total. The van der Waals surface area contributed by atoms with Crippen molar-refractivity contribution in [2.75, 3.05) is 17.6 Å². The van der Waals surface area contributed by atoms with Crippen LogP contribution in [0.15, 0.2) is 94.0 Å². The van der Waals surface area contributed by atoms with E-state index in [0.29, 0.717) is 16.5 Å². The molecular weight excluding hydrogens is 456 g/mol. The van der Waals surface area contributed by atoms with Gasteiger partial charge in [0.15, 0.2) is 5.75 Å². The molecule has 0 aromatic heterocycles. The number of nitrogens with zero attached hydrogens (tertiary/aromatic N) is 2. The number of ether oxygens (including phenoxy) is 1. The van der Waals surface area contributed by atoms with Crippen molar-refractivity contribution in [2.45, 2.75) is 4.90 Å². The second kappa shape index (κ2) is 9.20. The summed E-state index contributed by atoms with van der Waals surface area (Å²) >= 11 is 0. The summed E-state index contributed by atoms with van der Waals surface area (Å²) in [6.07, 6.45) is 0. The lowest BCUT2D eigenvalue weighted by atomic mass is 10.1. The number of azo groups is 1. The van der Waals surface area contributed by atoms with Crippen LogP contribution in [0.2, 0.25) is 0 Å². The molecule has 0 radical (unpaired) electrons. The number of anilines is 2. The number of methoxy groups -OCH3 is 1. The van der Waals surface area contributed by atoms with E-state index in [4.69, 9.17) is 10.5 Å². The summed E-state index contributed by atoms with van der Waals surface area (Å²) in [5.41, 5.74) is 6.27. The third kappa shape index (κ3) is 4.52. The van der Waals surface area contributed by atoms with Crippen molar-refractivity contribution in [1.82, 2.24) is 0 Å². The number of hydrogen-bond donors (Lipinski definition) is 3. The van der Waals surface area contributed by atoms with Crippen LogP contribution in [0.3, 0.4) is 0 Å². The van der Waals surface area contributed by atoms with E-state index in [0.717, 1.165) is 0 Å². The molecule has 4 aromatic carbocycles. The van der Waals surface area contributed by atoms with Gasteiger partial charge >= 0.3 is 0 Å². The lowest BCUT2D eigenvalue weighted by molar-refractivity contribution is 0.0996. The number of nitrogen functional groups attached to an aromatic ring is 1. The van der Waals surface area contributed by atoms with Crippen molar-refractivity contribution in [3.8, 4) is 11.5 Å². The fourth-order valence-electron chi connectivity index (χ4n) is 3.31. The Morgan fingerprint density at radius 2 is 1.62 bits per heavy atom. The highest BCUT2D eigenvalue weighted by atomic mass is 32.2. The van der Waals surface area contributed by atoms with Gasteiger partial charge in [-0.15, -0.1) is 10.2 Å². The average molecular weight is 477 g/mol. The van der Waals surface area contributed by atoms with Crippen molar-refractivity contribution in [2.24, 2.45) is 10.2 Å². The van der Waals surface area contributed by atoms with Crippen LogP contribution in [-0.2, 0) is 10.0 Å². The molecule has 34 heavy (non-hydrogen) atoms. The summed E-state index contributed by atoms with van der Waals surface area (Å²) < 4.78 is 33.6. The number of nitrogens with one attached hydrogen (secondary N) is 1. The Morgan fingerprint density at radius 1 is 0.971 bits per heavy atom. The zero-order chi connectivity index (χ0) is 24.3. The Bertz CT molecular complexity index is 1520. The number of hydrogen-bond acceptors (Lipinski definition) is 7. The zero-order valence-electron chi connectivity index (χ0n) is 18.0. The molecule has 0 fully saturated rings. The molecule has 10 heteroatoms. The van der Waals surface area contributed by atoms with Gasteiger partial charge in [-0.3, -0.25) is 9.52 Å². The molecule has 0 aliphatic heterocycles. The summed E-state index contributed by atoms with van der Waals surface area (Å²) in [7, 11) is -2.50. The molecule has 0 unspecified atom stereocenters. The lowest BCUT2D eigenvalue weighted by Gasteiger charge is -2.13. The Balaban J connectivity index is 1.75. The summed E-state index contributed by atoms with van der Waals surface area (Å²) in [6, 6.07) is 20.2. The number of fused-ring (bicyclic) bond motifs is 1. The number of para-hydroxylation sites is 1. The highest BCUT2D eigenvalue weighted by Gasteiger charge is 2.19. The standard InChI is InChI=1S/C24H20N4O5S/c1-33-15-10-12-16(13-11-15)34(31,32)28-21-14-22(23(29)18-7-3-2-6-17(18)21)26-27-24(30)19-8-4-5-9-20(19)25/h2-14,28-29H,25H2,1H3. The zero-order valence-corrected chi connectivity index (χ0v) is 18.8. The molecule has 0 saturated heterocycles. The van der Waals surface area contributed by atoms with Gasteiger partial charge in [-0.2, -0.15) is 0 Å². The highest BCUT2D eigenvalue weighted by Crippen LogP contribution is 2.40. The summed E-state index contributed by atoms with van der Waals surface area (Å²) in [5, 5.41) is 19.0. The van der Waals surface area contributed by atoms with Crippen LogP contribution >= 0.6 is 0 Å². The maximum Gasteiger partial charge on any atom is 0.297 e. The second-order valence-electron chi connectivity index (χ2n) is 7.21. The summed E-state index contributed by atoms with van der Waals surface area (Å²) in [6.45, 7) is 0. The van der Waals surface area contributed by atoms with Gasteiger partial charge in [0.05, 0.1) is 23.3 Å². The molecule has 0 spiro atoms. The number of aromatic hydroxyl groups is 1. The Kier molecular flexibility index (Phi) is 6.15. The van der Waals surface area contributed by atoms with Gasteiger partial charge in [0.2, 0.25) is 0 Å². The molecule has 4 rings (SSSR count). The van der Waals surface area contributed by atoms with Crippen molar-refractivity contribution in [3.63, 3.8) is 0 Å². The SMILES string of the molecule is COc1ccc(S(=O)(=O)Nc2cc(N=NC(=O)c3ccccc3N)c(O)c3ccccc23)cc1. The van der Waals surface area contributed by atoms with Crippen LogP contribution in [0.4, 0.5) is 17.1 Å². The number of nitrogens with two attached hydrogens (primary N) is 1. The van der Waals surface area contributed by atoms with E-state index in [1.165, 1.54) is 43.5 Å². The average Bonchev–Trinajstić information content (AvgIpc) is 2.85. The number of amides is 1. The normalized spacial score (nSPS) is 11.6. The molecule has 0 atom stereocenters. The molecule has 172 valence electrons. The van der Waals surface area contributed by atoms with Crippen molar-refractivity contribution < 1.29 is 23.1 Å².